The molecule has 0 spiro atoms. The summed E-state index contributed by atoms with van der Waals surface area (Å²) in [4.78, 5) is 22.1. The Bertz CT molecular complexity index is 562. The van der Waals surface area contributed by atoms with Gasteiger partial charge in [-0.2, -0.15) is 0 Å². The van der Waals surface area contributed by atoms with E-state index in [0.717, 1.165) is 11.3 Å². The summed E-state index contributed by atoms with van der Waals surface area (Å²) in [6.07, 6.45) is -0.0899. The first-order chi connectivity index (χ1) is 8.92. The number of carbonyl (C=O) groups excluding carboxylic acids is 2. The van der Waals surface area contributed by atoms with Crippen LogP contribution in [0.15, 0.2) is 16.3 Å². The Hall–Kier alpha value is -1.45. The van der Waals surface area contributed by atoms with Crippen LogP contribution in [0.2, 0.25) is 0 Å². The maximum atomic E-state index is 11.9. The summed E-state index contributed by atoms with van der Waals surface area (Å²) in [5.74, 6) is -1.25. The van der Waals surface area contributed by atoms with Crippen LogP contribution in [0.3, 0.4) is 0 Å². The topological polar surface area (TPSA) is 98.8 Å². The number of carbonyl (C=O) groups is 2. The lowest BCUT2D eigenvalue weighted by Crippen LogP contribution is -2.27. The van der Waals surface area contributed by atoms with Crippen LogP contribution in [-0.4, -0.2) is 41.1 Å². The average Bonchev–Trinajstić information content (AvgIpc) is 2.87. The molecule has 0 saturated heterocycles. The van der Waals surface area contributed by atoms with Gasteiger partial charge in [0.25, 0.3) is 0 Å². The minimum absolute atomic E-state index is 0.00642. The van der Waals surface area contributed by atoms with Crippen LogP contribution in [0.4, 0.5) is 0 Å². The van der Waals surface area contributed by atoms with Crippen molar-refractivity contribution < 1.29 is 27.5 Å². The van der Waals surface area contributed by atoms with Crippen LogP contribution in [-0.2, 0) is 24.3 Å². The summed E-state index contributed by atoms with van der Waals surface area (Å²) < 4.78 is 35.0. The summed E-state index contributed by atoms with van der Waals surface area (Å²) in [6.45, 7) is -0.106. The van der Waals surface area contributed by atoms with Crippen molar-refractivity contribution in [2.45, 2.75) is 11.3 Å². The summed E-state index contributed by atoms with van der Waals surface area (Å²) in [5, 5.41) is 1.47. The van der Waals surface area contributed by atoms with Crippen molar-refractivity contribution in [2.75, 3.05) is 20.8 Å². The predicted octanol–water partition coefficient (Wildman–Crippen LogP) is 0.376. The Morgan fingerprint density at radius 3 is 2.58 bits per heavy atom. The second kappa shape index (κ2) is 6.64. The second-order valence-corrected chi connectivity index (χ2v) is 5.98. The number of nitrogens with one attached hydrogen (secondary N) is 1. The van der Waals surface area contributed by atoms with E-state index in [0.29, 0.717) is 0 Å². The van der Waals surface area contributed by atoms with Crippen molar-refractivity contribution in [1.82, 2.24) is 4.72 Å². The molecule has 0 radical (unpaired) electrons. The van der Waals surface area contributed by atoms with Gasteiger partial charge in [0, 0.05) is 6.54 Å². The highest BCUT2D eigenvalue weighted by Crippen LogP contribution is 2.22. The second-order valence-electron chi connectivity index (χ2n) is 3.33. The van der Waals surface area contributed by atoms with Gasteiger partial charge in [-0.3, -0.25) is 4.79 Å². The fourth-order valence-electron chi connectivity index (χ4n) is 1.22. The summed E-state index contributed by atoms with van der Waals surface area (Å²) in [5.41, 5.74) is 0. The van der Waals surface area contributed by atoms with Crippen molar-refractivity contribution in [2.24, 2.45) is 0 Å². The lowest BCUT2D eigenvalue weighted by atomic mass is 10.4. The Morgan fingerprint density at radius 1 is 1.32 bits per heavy atom. The molecule has 0 aliphatic rings. The Labute approximate surface area is 114 Å². The first-order valence-electron chi connectivity index (χ1n) is 5.14. The molecule has 0 unspecified atom stereocenters. The molecule has 1 heterocycles. The molecule has 7 nitrogen and oxygen atoms in total. The number of methoxy groups -OCH3 is 2. The fraction of sp³-hybridized carbons (Fsp3) is 0.400. The molecule has 9 heteroatoms. The van der Waals surface area contributed by atoms with Crippen LogP contribution in [0.1, 0.15) is 16.1 Å². The first kappa shape index (κ1) is 15.6. The molecular weight excluding hydrogens is 294 g/mol. The molecular formula is C10H13NO6S2. The smallest absolute Gasteiger partial charge is 0.349 e. The maximum absolute atomic E-state index is 11.9. The van der Waals surface area contributed by atoms with Crippen LogP contribution < -0.4 is 4.72 Å². The van der Waals surface area contributed by atoms with Crippen molar-refractivity contribution in [3.05, 3.63) is 16.3 Å². The summed E-state index contributed by atoms with van der Waals surface area (Å²) in [7, 11) is -1.47. The third kappa shape index (κ3) is 4.01. The average molecular weight is 307 g/mol. The van der Waals surface area contributed by atoms with Gasteiger partial charge in [0.1, 0.15) is 9.77 Å². The van der Waals surface area contributed by atoms with E-state index in [1.54, 1.807) is 0 Å². The SMILES string of the molecule is COC(=O)CCNS(=O)(=O)c1ccsc1C(=O)OC. The predicted molar refractivity (Wildman–Crippen MR) is 67.5 cm³/mol. The highest BCUT2D eigenvalue weighted by atomic mass is 32.2. The zero-order chi connectivity index (χ0) is 14.5. The van der Waals surface area contributed by atoms with Crippen LogP contribution in [0.5, 0.6) is 0 Å². The fourth-order valence-corrected chi connectivity index (χ4v) is 3.58. The van der Waals surface area contributed by atoms with Gasteiger partial charge in [-0.25, -0.2) is 17.9 Å². The van der Waals surface area contributed by atoms with Crippen molar-refractivity contribution in [1.29, 1.82) is 0 Å². The van der Waals surface area contributed by atoms with Gasteiger partial charge in [-0.05, 0) is 11.4 Å². The van der Waals surface area contributed by atoms with E-state index in [1.165, 1.54) is 25.7 Å². The first-order valence-corrected chi connectivity index (χ1v) is 7.51. The molecule has 0 fully saturated rings. The van der Waals surface area contributed by atoms with Crippen LogP contribution in [0.25, 0.3) is 0 Å². The molecule has 1 aromatic rings. The lowest BCUT2D eigenvalue weighted by molar-refractivity contribution is -0.140. The number of thiophene rings is 1. The van der Waals surface area contributed by atoms with Crippen molar-refractivity contribution in [3.63, 3.8) is 0 Å². The third-order valence-electron chi connectivity index (χ3n) is 2.14. The highest BCUT2D eigenvalue weighted by molar-refractivity contribution is 7.89. The largest absolute Gasteiger partial charge is 0.469 e. The number of rotatable bonds is 6. The summed E-state index contributed by atoms with van der Waals surface area (Å²) in [6, 6.07) is 1.30. The van der Waals surface area contributed by atoms with Gasteiger partial charge in [0.05, 0.1) is 20.6 Å². The van der Waals surface area contributed by atoms with E-state index in [1.807, 2.05) is 0 Å². The number of ether oxygens (including phenoxy) is 2. The molecule has 106 valence electrons. The van der Waals surface area contributed by atoms with Gasteiger partial charge in [-0.15, -0.1) is 11.3 Å². The number of hydrogen-bond acceptors (Lipinski definition) is 7. The molecule has 0 aliphatic heterocycles. The molecule has 0 aliphatic carbocycles. The molecule has 0 amide bonds. The Kier molecular flexibility index (Phi) is 5.45. The minimum atomic E-state index is -3.85. The zero-order valence-electron chi connectivity index (χ0n) is 10.3. The van der Waals surface area contributed by atoms with Crippen molar-refractivity contribution >= 4 is 33.3 Å². The maximum Gasteiger partial charge on any atom is 0.349 e. The van der Waals surface area contributed by atoms with E-state index < -0.39 is 22.0 Å². The number of sulfonamides is 1. The zero-order valence-corrected chi connectivity index (χ0v) is 12.0. The van der Waals surface area contributed by atoms with E-state index in [2.05, 4.69) is 14.2 Å². The molecule has 0 bridgehead atoms. The normalized spacial score (nSPS) is 11.1. The highest BCUT2D eigenvalue weighted by Gasteiger charge is 2.24. The molecule has 1 N–H and O–H groups in total. The van der Waals surface area contributed by atoms with Crippen LogP contribution in [0, 0.1) is 0 Å². The molecule has 0 atom stereocenters. The summed E-state index contributed by atoms with van der Waals surface area (Å²) >= 11 is 0.968. The standard InChI is InChI=1S/C10H13NO6S2/c1-16-8(12)3-5-11-19(14,15)7-4-6-18-9(7)10(13)17-2/h4,6,11H,3,5H2,1-2H3. The molecule has 1 rings (SSSR count). The van der Waals surface area contributed by atoms with Gasteiger partial charge in [0.15, 0.2) is 0 Å². The Morgan fingerprint density at radius 2 is 2.00 bits per heavy atom. The van der Waals surface area contributed by atoms with E-state index in [-0.39, 0.29) is 22.7 Å². The van der Waals surface area contributed by atoms with Gasteiger partial charge in [0.2, 0.25) is 10.0 Å². The number of esters is 2. The van der Waals surface area contributed by atoms with Gasteiger partial charge >= 0.3 is 11.9 Å². The number of hydrogen-bond donors (Lipinski definition) is 1. The van der Waals surface area contributed by atoms with E-state index in [4.69, 9.17) is 0 Å². The van der Waals surface area contributed by atoms with E-state index >= 15 is 0 Å². The molecule has 1 aromatic heterocycles. The molecule has 19 heavy (non-hydrogen) atoms. The van der Waals surface area contributed by atoms with E-state index in [9.17, 15) is 18.0 Å². The van der Waals surface area contributed by atoms with Crippen LogP contribution >= 0.6 is 11.3 Å². The van der Waals surface area contributed by atoms with Crippen molar-refractivity contribution in [3.8, 4) is 0 Å². The third-order valence-corrected chi connectivity index (χ3v) is 4.67. The molecule has 0 aromatic carbocycles. The quantitative estimate of drug-likeness (QED) is 0.763. The van der Waals surface area contributed by atoms with Gasteiger partial charge in [-0.1, -0.05) is 0 Å². The monoisotopic (exact) mass is 307 g/mol. The van der Waals surface area contributed by atoms with Gasteiger partial charge < -0.3 is 9.47 Å². The molecule has 0 saturated carbocycles. The Balaban J connectivity index is 2.81. The minimum Gasteiger partial charge on any atom is -0.469 e. The lowest BCUT2D eigenvalue weighted by Gasteiger charge is -2.06.